The minimum absolute atomic E-state index is 0.493. The van der Waals surface area contributed by atoms with Gasteiger partial charge in [0.25, 0.3) is 0 Å². The first-order valence-corrected chi connectivity index (χ1v) is 7.38. The van der Waals surface area contributed by atoms with Crippen molar-refractivity contribution in [3.8, 4) is 0 Å². The van der Waals surface area contributed by atoms with E-state index in [2.05, 4.69) is 37.5 Å². The molecule has 96 valence electrons. The summed E-state index contributed by atoms with van der Waals surface area (Å²) in [6, 6.07) is 2.32. The number of hydrogen-bond donors (Lipinski definition) is 2. The van der Waals surface area contributed by atoms with Crippen LogP contribution in [0.1, 0.15) is 35.1 Å². The molecule has 1 aromatic heterocycles. The average molecular weight is 252 g/mol. The third kappa shape index (κ3) is 3.54. The molecule has 2 N–H and O–H groups in total. The largest absolute Gasteiger partial charge is 0.317 e. The Kier molecular flexibility index (Phi) is 4.23. The topological polar surface area (TPSA) is 24.1 Å². The Balaban J connectivity index is 1.78. The SMILES string of the molecule is Cc1cc(CNCC2(C)CCNCC2)sc1C. The number of rotatable bonds is 4. The van der Waals surface area contributed by atoms with Gasteiger partial charge in [0, 0.05) is 22.8 Å². The summed E-state index contributed by atoms with van der Waals surface area (Å²) in [6.07, 6.45) is 2.59. The Morgan fingerprint density at radius 3 is 2.65 bits per heavy atom. The van der Waals surface area contributed by atoms with Crippen LogP contribution < -0.4 is 10.6 Å². The number of aryl methyl sites for hydroxylation is 2. The van der Waals surface area contributed by atoms with Crippen molar-refractivity contribution in [2.45, 2.75) is 40.2 Å². The first kappa shape index (κ1) is 13.1. The molecule has 1 aromatic rings. The van der Waals surface area contributed by atoms with E-state index in [1.807, 2.05) is 11.3 Å². The highest BCUT2D eigenvalue weighted by Crippen LogP contribution is 2.27. The molecule has 0 aromatic carbocycles. The number of nitrogens with one attached hydrogen (secondary N) is 2. The predicted octanol–water partition coefficient (Wildman–Crippen LogP) is 2.84. The molecular formula is C14H24N2S. The van der Waals surface area contributed by atoms with Crippen LogP contribution in [-0.2, 0) is 6.54 Å². The highest BCUT2D eigenvalue weighted by Gasteiger charge is 2.25. The van der Waals surface area contributed by atoms with E-state index in [1.54, 1.807) is 0 Å². The highest BCUT2D eigenvalue weighted by atomic mass is 32.1. The second-order valence-corrected chi connectivity index (χ2v) is 6.96. The van der Waals surface area contributed by atoms with Crippen LogP contribution in [0.25, 0.3) is 0 Å². The van der Waals surface area contributed by atoms with Gasteiger partial charge in [-0.1, -0.05) is 6.92 Å². The Morgan fingerprint density at radius 2 is 2.06 bits per heavy atom. The standard InChI is InChI=1S/C14H24N2S/c1-11-8-13(17-12(11)2)9-16-10-14(3)4-6-15-7-5-14/h8,15-16H,4-7,9-10H2,1-3H3. The van der Waals surface area contributed by atoms with Gasteiger partial charge in [-0.25, -0.2) is 0 Å². The Morgan fingerprint density at radius 1 is 1.35 bits per heavy atom. The smallest absolute Gasteiger partial charge is 0.0300 e. The monoisotopic (exact) mass is 252 g/mol. The molecule has 17 heavy (non-hydrogen) atoms. The van der Waals surface area contributed by atoms with Gasteiger partial charge in [-0.2, -0.15) is 0 Å². The lowest BCUT2D eigenvalue weighted by Crippen LogP contribution is -2.41. The van der Waals surface area contributed by atoms with Gasteiger partial charge in [0.1, 0.15) is 0 Å². The molecule has 0 amide bonds. The van der Waals surface area contributed by atoms with Crippen molar-refractivity contribution < 1.29 is 0 Å². The first-order chi connectivity index (χ1) is 8.09. The lowest BCUT2D eigenvalue weighted by atomic mass is 9.81. The summed E-state index contributed by atoms with van der Waals surface area (Å²) >= 11 is 1.93. The zero-order valence-electron chi connectivity index (χ0n) is 11.2. The van der Waals surface area contributed by atoms with Gasteiger partial charge in [0.05, 0.1) is 0 Å². The lowest BCUT2D eigenvalue weighted by Gasteiger charge is -2.34. The van der Waals surface area contributed by atoms with Crippen LogP contribution in [-0.4, -0.2) is 19.6 Å². The molecule has 3 heteroatoms. The molecule has 2 nitrogen and oxygen atoms in total. The van der Waals surface area contributed by atoms with E-state index in [1.165, 1.54) is 41.2 Å². The molecule has 0 bridgehead atoms. The van der Waals surface area contributed by atoms with Crippen LogP contribution >= 0.6 is 11.3 Å². The molecule has 0 atom stereocenters. The van der Waals surface area contributed by atoms with E-state index in [-0.39, 0.29) is 0 Å². The van der Waals surface area contributed by atoms with E-state index >= 15 is 0 Å². The van der Waals surface area contributed by atoms with Crippen molar-refractivity contribution in [2.75, 3.05) is 19.6 Å². The quantitative estimate of drug-likeness (QED) is 0.861. The molecule has 0 radical (unpaired) electrons. The van der Waals surface area contributed by atoms with Crippen LogP contribution in [0, 0.1) is 19.3 Å². The van der Waals surface area contributed by atoms with Crippen molar-refractivity contribution in [3.05, 3.63) is 21.4 Å². The molecule has 0 saturated carbocycles. The molecule has 2 heterocycles. The van der Waals surface area contributed by atoms with Crippen molar-refractivity contribution >= 4 is 11.3 Å². The predicted molar refractivity (Wildman–Crippen MR) is 75.7 cm³/mol. The van der Waals surface area contributed by atoms with Gasteiger partial charge >= 0.3 is 0 Å². The summed E-state index contributed by atoms with van der Waals surface area (Å²) in [6.45, 7) is 11.3. The van der Waals surface area contributed by atoms with Gasteiger partial charge in [-0.3, -0.25) is 0 Å². The molecule has 1 fully saturated rings. The van der Waals surface area contributed by atoms with Gasteiger partial charge in [0.2, 0.25) is 0 Å². The first-order valence-electron chi connectivity index (χ1n) is 6.56. The fourth-order valence-electron chi connectivity index (χ4n) is 2.43. The third-order valence-electron chi connectivity index (χ3n) is 3.88. The van der Waals surface area contributed by atoms with Crippen molar-refractivity contribution in [2.24, 2.45) is 5.41 Å². The molecule has 0 aliphatic carbocycles. The zero-order chi connectivity index (χ0) is 12.3. The maximum atomic E-state index is 3.64. The molecule has 1 saturated heterocycles. The highest BCUT2D eigenvalue weighted by molar-refractivity contribution is 7.12. The summed E-state index contributed by atoms with van der Waals surface area (Å²) in [5.74, 6) is 0. The second-order valence-electron chi connectivity index (χ2n) is 5.62. The molecule has 1 aliphatic heterocycles. The van der Waals surface area contributed by atoms with E-state index in [4.69, 9.17) is 0 Å². The van der Waals surface area contributed by atoms with E-state index in [0.717, 1.165) is 13.1 Å². The Labute approximate surface area is 109 Å². The van der Waals surface area contributed by atoms with Crippen LogP contribution in [0.5, 0.6) is 0 Å². The Hall–Kier alpha value is -0.380. The molecule has 0 unspecified atom stereocenters. The Bertz CT molecular complexity index is 345. The van der Waals surface area contributed by atoms with Gasteiger partial charge in [-0.05, 0) is 56.8 Å². The van der Waals surface area contributed by atoms with E-state index in [9.17, 15) is 0 Å². The van der Waals surface area contributed by atoms with Crippen molar-refractivity contribution in [3.63, 3.8) is 0 Å². The second kappa shape index (κ2) is 5.51. The van der Waals surface area contributed by atoms with Crippen molar-refractivity contribution in [1.82, 2.24) is 10.6 Å². The van der Waals surface area contributed by atoms with Crippen LogP contribution in [0.15, 0.2) is 6.07 Å². The van der Waals surface area contributed by atoms with Crippen LogP contribution in [0.2, 0.25) is 0 Å². The normalized spacial score (nSPS) is 19.5. The minimum Gasteiger partial charge on any atom is -0.317 e. The summed E-state index contributed by atoms with van der Waals surface area (Å²) in [7, 11) is 0. The van der Waals surface area contributed by atoms with E-state index < -0.39 is 0 Å². The zero-order valence-corrected chi connectivity index (χ0v) is 12.0. The molecule has 1 aliphatic rings. The van der Waals surface area contributed by atoms with Gasteiger partial charge in [-0.15, -0.1) is 11.3 Å². The fraction of sp³-hybridized carbons (Fsp3) is 0.714. The van der Waals surface area contributed by atoms with Gasteiger partial charge < -0.3 is 10.6 Å². The molecule has 2 rings (SSSR count). The molecule has 0 spiro atoms. The third-order valence-corrected chi connectivity index (χ3v) is 5.03. The number of hydrogen-bond acceptors (Lipinski definition) is 3. The number of piperidine rings is 1. The van der Waals surface area contributed by atoms with Crippen molar-refractivity contribution in [1.29, 1.82) is 0 Å². The summed E-state index contributed by atoms with van der Waals surface area (Å²) in [5, 5.41) is 7.07. The van der Waals surface area contributed by atoms with Crippen LogP contribution in [0.4, 0.5) is 0 Å². The van der Waals surface area contributed by atoms with Crippen LogP contribution in [0.3, 0.4) is 0 Å². The fourth-order valence-corrected chi connectivity index (χ4v) is 3.45. The van der Waals surface area contributed by atoms with Gasteiger partial charge in [0.15, 0.2) is 0 Å². The summed E-state index contributed by atoms with van der Waals surface area (Å²) in [4.78, 5) is 2.92. The maximum Gasteiger partial charge on any atom is 0.0300 e. The summed E-state index contributed by atoms with van der Waals surface area (Å²) in [5.41, 5.74) is 1.92. The maximum absolute atomic E-state index is 3.64. The molecular weight excluding hydrogens is 228 g/mol. The van der Waals surface area contributed by atoms with E-state index in [0.29, 0.717) is 5.41 Å². The minimum atomic E-state index is 0.493. The number of thiophene rings is 1. The lowest BCUT2D eigenvalue weighted by molar-refractivity contribution is 0.220. The average Bonchev–Trinajstić information content (AvgIpc) is 2.59. The summed E-state index contributed by atoms with van der Waals surface area (Å²) < 4.78 is 0.